The summed E-state index contributed by atoms with van der Waals surface area (Å²) in [6.45, 7) is 5.63. The Hall–Kier alpha value is -0.730. The van der Waals surface area contributed by atoms with E-state index in [1.165, 1.54) is 62.8 Å². The van der Waals surface area contributed by atoms with Crippen molar-refractivity contribution in [3.8, 4) is 5.75 Å². The third-order valence-corrected chi connectivity index (χ3v) is 7.87. The minimum Gasteiger partial charge on any atom is -0.747 e. The van der Waals surface area contributed by atoms with Crippen molar-refractivity contribution in [1.82, 2.24) is 0 Å². The average molecular weight is 505 g/mol. The predicted octanol–water partition coefficient (Wildman–Crippen LogP) is 3.58. The second-order valence-corrected chi connectivity index (χ2v) is 10.5. The summed E-state index contributed by atoms with van der Waals surface area (Å²) >= 11 is 0. The standard InChI is InChI=1S/C26H42O6S.Na/c1-4-7-9-10-11-12-13-14-15-16-24(27)32-23-19-17-22(18-20-23)25(28)26(6-3,21-8-5-2)33(29,30)31;/h17-20H,4-16,21H2,1-3H3,(H,29,30,31);/q;+1/p-1. The zero-order valence-corrected chi connectivity index (χ0v) is 24.4. The van der Waals surface area contributed by atoms with Crippen molar-refractivity contribution in [2.45, 2.75) is 115 Å². The fourth-order valence-electron chi connectivity index (χ4n) is 4.03. The van der Waals surface area contributed by atoms with Gasteiger partial charge in [0.1, 0.15) is 20.6 Å². The molecule has 0 aliphatic rings. The van der Waals surface area contributed by atoms with Crippen molar-refractivity contribution >= 4 is 21.9 Å². The monoisotopic (exact) mass is 504 g/mol. The van der Waals surface area contributed by atoms with Crippen LogP contribution in [0.3, 0.4) is 0 Å². The molecule has 0 radical (unpaired) electrons. The molecule has 0 amide bonds. The van der Waals surface area contributed by atoms with Crippen molar-refractivity contribution < 1.29 is 56.9 Å². The number of ketones is 1. The molecule has 1 aromatic carbocycles. The summed E-state index contributed by atoms with van der Waals surface area (Å²) in [4.78, 5) is 25.1. The van der Waals surface area contributed by atoms with Crippen molar-refractivity contribution in [2.24, 2.45) is 0 Å². The number of esters is 1. The first-order chi connectivity index (χ1) is 15.7. The summed E-state index contributed by atoms with van der Waals surface area (Å²) in [6, 6.07) is 5.79. The van der Waals surface area contributed by atoms with Gasteiger partial charge in [0.25, 0.3) is 0 Å². The van der Waals surface area contributed by atoms with E-state index in [2.05, 4.69) is 6.92 Å². The maximum atomic E-state index is 13.0. The number of ether oxygens (including phenoxy) is 1. The van der Waals surface area contributed by atoms with Crippen molar-refractivity contribution in [3.63, 3.8) is 0 Å². The molecular formula is C26H41NaO6S. The molecule has 0 heterocycles. The molecule has 0 spiro atoms. The molecule has 0 saturated carbocycles. The van der Waals surface area contributed by atoms with Crippen LogP contribution in [0.1, 0.15) is 121 Å². The van der Waals surface area contributed by atoms with E-state index in [0.717, 1.165) is 19.3 Å². The molecule has 0 aromatic heterocycles. The van der Waals surface area contributed by atoms with Crippen LogP contribution in [0.15, 0.2) is 24.3 Å². The largest absolute Gasteiger partial charge is 1.00 e. The van der Waals surface area contributed by atoms with Gasteiger partial charge in [-0.3, -0.25) is 9.59 Å². The van der Waals surface area contributed by atoms with E-state index >= 15 is 0 Å². The predicted molar refractivity (Wildman–Crippen MR) is 130 cm³/mol. The number of Topliss-reactive ketones (excluding diaryl/α,β-unsaturated/α-hetero) is 1. The van der Waals surface area contributed by atoms with E-state index < -0.39 is 20.6 Å². The van der Waals surface area contributed by atoms with E-state index in [1.807, 2.05) is 6.92 Å². The number of hydrogen-bond donors (Lipinski definition) is 0. The molecule has 0 bridgehead atoms. The normalized spacial score (nSPS) is 13.1. The SMILES string of the molecule is CCCCCCCCCCCC(=O)Oc1ccc(C(=O)C(CC)(CCCC)S(=O)(=O)[O-])cc1.[Na+]. The fraction of sp³-hybridized carbons (Fsp3) is 0.692. The third kappa shape index (κ3) is 10.9. The van der Waals surface area contributed by atoms with Gasteiger partial charge in [0.2, 0.25) is 0 Å². The summed E-state index contributed by atoms with van der Waals surface area (Å²) in [5.74, 6) is -0.723. The van der Waals surface area contributed by atoms with E-state index in [1.54, 1.807) is 6.92 Å². The van der Waals surface area contributed by atoms with Crippen molar-refractivity contribution in [3.05, 3.63) is 29.8 Å². The van der Waals surface area contributed by atoms with E-state index in [9.17, 15) is 22.6 Å². The number of unbranched alkanes of at least 4 members (excludes halogenated alkanes) is 9. The molecule has 34 heavy (non-hydrogen) atoms. The molecule has 0 saturated heterocycles. The Morgan fingerprint density at radius 2 is 1.32 bits per heavy atom. The van der Waals surface area contributed by atoms with Gasteiger partial charge in [0.05, 0.1) is 0 Å². The van der Waals surface area contributed by atoms with Gasteiger partial charge in [-0.25, -0.2) is 8.42 Å². The Morgan fingerprint density at radius 1 is 0.824 bits per heavy atom. The Morgan fingerprint density at radius 3 is 1.79 bits per heavy atom. The first kappa shape index (κ1) is 33.3. The summed E-state index contributed by atoms with van der Waals surface area (Å²) < 4.78 is 39.4. The number of carbonyl (C=O) groups is 2. The second kappa shape index (κ2) is 17.7. The second-order valence-electron chi connectivity index (χ2n) is 8.81. The first-order valence-corrected chi connectivity index (χ1v) is 13.9. The van der Waals surface area contributed by atoms with Gasteiger partial charge in [0.15, 0.2) is 5.78 Å². The zero-order chi connectivity index (χ0) is 24.7. The van der Waals surface area contributed by atoms with Crippen LogP contribution in [-0.4, -0.2) is 29.5 Å². The van der Waals surface area contributed by atoms with Gasteiger partial charge in [-0.2, -0.15) is 0 Å². The first-order valence-electron chi connectivity index (χ1n) is 12.5. The van der Waals surface area contributed by atoms with Gasteiger partial charge in [-0.1, -0.05) is 85.0 Å². The van der Waals surface area contributed by atoms with Crippen LogP contribution in [0.5, 0.6) is 5.75 Å². The average Bonchev–Trinajstić information content (AvgIpc) is 2.78. The molecule has 8 heteroatoms. The van der Waals surface area contributed by atoms with E-state index in [4.69, 9.17) is 4.74 Å². The molecule has 0 N–H and O–H groups in total. The van der Waals surface area contributed by atoms with Crippen molar-refractivity contribution in [1.29, 1.82) is 0 Å². The van der Waals surface area contributed by atoms with Crippen LogP contribution < -0.4 is 34.3 Å². The Balaban J connectivity index is 0.0000109. The summed E-state index contributed by atoms with van der Waals surface area (Å²) in [6.07, 6.45) is 11.9. The molecule has 0 aliphatic heterocycles. The summed E-state index contributed by atoms with van der Waals surface area (Å²) in [7, 11) is -4.83. The van der Waals surface area contributed by atoms with Gasteiger partial charge < -0.3 is 9.29 Å². The van der Waals surface area contributed by atoms with Gasteiger partial charge in [0, 0.05) is 12.0 Å². The Bertz CT molecular complexity index is 822. The van der Waals surface area contributed by atoms with Crippen LogP contribution in [0.4, 0.5) is 0 Å². The van der Waals surface area contributed by atoms with Crippen LogP contribution in [0, 0.1) is 0 Å². The molecular weight excluding hydrogens is 463 g/mol. The topological polar surface area (TPSA) is 101 Å². The number of carbonyl (C=O) groups excluding carboxylic acids is 2. The van der Waals surface area contributed by atoms with Crippen LogP contribution in [-0.2, 0) is 14.9 Å². The molecule has 188 valence electrons. The maximum absolute atomic E-state index is 13.0. The van der Waals surface area contributed by atoms with E-state index in [-0.39, 0.29) is 53.9 Å². The fourth-order valence-corrected chi connectivity index (χ4v) is 5.12. The Labute approximate surface area is 228 Å². The van der Waals surface area contributed by atoms with Gasteiger partial charge >= 0.3 is 35.5 Å². The van der Waals surface area contributed by atoms with Crippen LogP contribution in [0.25, 0.3) is 0 Å². The zero-order valence-electron chi connectivity index (χ0n) is 21.6. The molecule has 1 rings (SSSR count). The minimum atomic E-state index is -4.83. The molecule has 1 aromatic rings. The van der Waals surface area contributed by atoms with Crippen molar-refractivity contribution in [2.75, 3.05) is 0 Å². The summed E-state index contributed by atoms with van der Waals surface area (Å²) in [5.41, 5.74) is 0.131. The molecule has 1 unspecified atom stereocenters. The Kier molecular flexibility index (Phi) is 17.3. The number of hydrogen-bond acceptors (Lipinski definition) is 6. The van der Waals surface area contributed by atoms with E-state index in [0.29, 0.717) is 25.0 Å². The van der Waals surface area contributed by atoms with Crippen LogP contribution in [0.2, 0.25) is 0 Å². The quantitative estimate of drug-likeness (QED) is 0.0756. The minimum absolute atomic E-state index is 0. The molecule has 1 atom stereocenters. The number of benzene rings is 1. The third-order valence-electron chi connectivity index (χ3n) is 6.23. The number of rotatable bonds is 18. The van der Waals surface area contributed by atoms with Crippen LogP contribution >= 0.6 is 0 Å². The molecule has 0 fully saturated rings. The molecule has 0 aliphatic carbocycles. The molecule has 6 nitrogen and oxygen atoms in total. The smallest absolute Gasteiger partial charge is 0.747 e. The van der Waals surface area contributed by atoms with Gasteiger partial charge in [-0.15, -0.1) is 0 Å². The summed E-state index contributed by atoms with van der Waals surface area (Å²) in [5, 5.41) is 0. The van der Waals surface area contributed by atoms with Gasteiger partial charge in [-0.05, 0) is 43.5 Å². The maximum Gasteiger partial charge on any atom is 1.00 e.